The lowest BCUT2D eigenvalue weighted by Crippen LogP contribution is -2.31. The summed E-state index contributed by atoms with van der Waals surface area (Å²) in [5.41, 5.74) is 1.87. The predicted octanol–water partition coefficient (Wildman–Crippen LogP) is 3.10. The van der Waals surface area contributed by atoms with E-state index in [-0.39, 0.29) is 22.2 Å². The van der Waals surface area contributed by atoms with Crippen LogP contribution in [0.4, 0.5) is 5.13 Å². The van der Waals surface area contributed by atoms with Crippen LogP contribution in [0.1, 0.15) is 21.3 Å². The third kappa shape index (κ3) is 2.83. The van der Waals surface area contributed by atoms with E-state index in [1.54, 1.807) is 23.6 Å². The number of nitrogens with zero attached hydrogens (tertiary/aromatic N) is 3. The van der Waals surface area contributed by atoms with Gasteiger partial charge < -0.3 is 14.9 Å². The highest BCUT2D eigenvalue weighted by atomic mass is 32.1. The zero-order valence-electron chi connectivity index (χ0n) is 14.4. The molecule has 1 amide bonds. The van der Waals surface area contributed by atoms with Crippen LogP contribution in [-0.4, -0.2) is 39.2 Å². The molecule has 4 rings (SSSR count). The van der Waals surface area contributed by atoms with Crippen molar-refractivity contribution in [2.75, 3.05) is 12.0 Å². The third-order valence-corrected chi connectivity index (χ3v) is 5.83. The van der Waals surface area contributed by atoms with E-state index in [9.17, 15) is 19.8 Å². The maximum absolute atomic E-state index is 13.1. The first kappa shape index (κ1) is 18.1. The number of phenolic OH excluding ortho intramolecular Hbond substituents is 1. The summed E-state index contributed by atoms with van der Waals surface area (Å²) in [5.74, 6) is -1.74. The average Bonchev–Trinajstić information content (AvgIpc) is 3.44. The second-order valence-electron chi connectivity index (χ2n) is 5.80. The summed E-state index contributed by atoms with van der Waals surface area (Å²) in [6, 6.07) is 6.88. The fourth-order valence-electron chi connectivity index (χ4n) is 3.03. The SMILES string of the molecule is COc1cc([C@@H]2C(C(=O)c3cccs3)=C(O)C(=O)N2c2nncs2)ccc1O. The second kappa shape index (κ2) is 7.06. The van der Waals surface area contributed by atoms with E-state index >= 15 is 0 Å². The monoisotopic (exact) mass is 415 g/mol. The van der Waals surface area contributed by atoms with Crippen LogP contribution in [0.25, 0.3) is 0 Å². The molecule has 10 heteroatoms. The maximum Gasteiger partial charge on any atom is 0.296 e. The number of rotatable bonds is 5. The lowest BCUT2D eigenvalue weighted by Gasteiger charge is -2.24. The summed E-state index contributed by atoms with van der Waals surface area (Å²) in [7, 11) is 1.40. The van der Waals surface area contributed by atoms with Gasteiger partial charge in [-0.3, -0.25) is 14.5 Å². The van der Waals surface area contributed by atoms with Crippen molar-refractivity contribution < 1.29 is 24.5 Å². The van der Waals surface area contributed by atoms with Gasteiger partial charge in [-0.25, -0.2) is 0 Å². The molecule has 1 aliphatic rings. The number of phenols is 1. The van der Waals surface area contributed by atoms with E-state index in [2.05, 4.69) is 10.2 Å². The Morgan fingerprint density at radius 2 is 2.07 bits per heavy atom. The Bertz CT molecular complexity index is 1080. The topological polar surface area (TPSA) is 113 Å². The number of Topliss-reactive ketones (excluding diaryl/α,β-unsaturated/α-hetero) is 1. The van der Waals surface area contributed by atoms with Crippen LogP contribution in [0.2, 0.25) is 0 Å². The molecular formula is C18H13N3O5S2. The molecule has 1 aromatic carbocycles. The largest absolute Gasteiger partial charge is 0.504 e. The van der Waals surface area contributed by atoms with E-state index < -0.39 is 23.5 Å². The summed E-state index contributed by atoms with van der Waals surface area (Å²) >= 11 is 2.32. The summed E-state index contributed by atoms with van der Waals surface area (Å²) in [4.78, 5) is 27.5. The van der Waals surface area contributed by atoms with Gasteiger partial charge >= 0.3 is 0 Å². The minimum atomic E-state index is -0.940. The van der Waals surface area contributed by atoms with Crippen LogP contribution in [0.5, 0.6) is 11.5 Å². The third-order valence-electron chi connectivity index (χ3n) is 4.27. The van der Waals surface area contributed by atoms with Crippen molar-refractivity contribution in [3.05, 3.63) is 63.0 Å². The summed E-state index contributed by atoms with van der Waals surface area (Å²) in [5, 5.41) is 30.1. The Balaban J connectivity index is 1.90. The lowest BCUT2D eigenvalue weighted by molar-refractivity contribution is -0.117. The molecule has 2 N–H and O–H groups in total. The molecule has 1 aliphatic heterocycles. The van der Waals surface area contributed by atoms with Gasteiger partial charge in [-0.15, -0.1) is 21.5 Å². The number of benzene rings is 1. The number of thiophene rings is 1. The normalized spacial score (nSPS) is 16.7. The van der Waals surface area contributed by atoms with Crippen molar-refractivity contribution in [1.29, 1.82) is 0 Å². The Morgan fingerprint density at radius 1 is 1.25 bits per heavy atom. The number of hydrogen-bond acceptors (Lipinski definition) is 9. The quantitative estimate of drug-likeness (QED) is 0.616. The number of aromatic nitrogens is 2. The molecule has 0 spiro atoms. The van der Waals surface area contributed by atoms with Gasteiger partial charge in [0, 0.05) is 0 Å². The van der Waals surface area contributed by atoms with Gasteiger partial charge in [0.1, 0.15) is 5.51 Å². The number of aliphatic hydroxyl groups is 1. The molecule has 28 heavy (non-hydrogen) atoms. The van der Waals surface area contributed by atoms with E-state index in [0.717, 1.165) is 11.3 Å². The van der Waals surface area contributed by atoms with Gasteiger partial charge in [0.15, 0.2) is 17.3 Å². The highest BCUT2D eigenvalue weighted by Crippen LogP contribution is 2.44. The van der Waals surface area contributed by atoms with Crippen LogP contribution in [0.15, 0.2) is 52.6 Å². The van der Waals surface area contributed by atoms with Gasteiger partial charge in [0.05, 0.1) is 23.6 Å². The van der Waals surface area contributed by atoms with Crippen molar-refractivity contribution in [2.24, 2.45) is 0 Å². The van der Waals surface area contributed by atoms with Crippen LogP contribution < -0.4 is 9.64 Å². The number of amides is 1. The predicted molar refractivity (Wildman–Crippen MR) is 103 cm³/mol. The molecule has 0 fully saturated rings. The van der Waals surface area contributed by atoms with E-state index in [1.165, 1.54) is 41.0 Å². The van der Waals surface area contributed by atoms with Crippen LogP contribution >= 0.6 is 22.7 Å². The summed E-state index contributed by atoms with van der Waals surface area (Å²) in [6.45, 7) is 0. The Labute approximate surface area is 167 Å². The lowest BCUT2D eigenvalue weighted by atomic mass is 9.95. The summed E-state index contributed by atoms with van der Waals surface area (Å²) < 4.78 is 5.15. The minimum Gasteiger partial charge on any atom is -0.504 e. The first-order chi connectivity index (χ1) is 13.5. The molecule has 2 aromatic heterocycles. The smallest absolute Gasteiger partial charge is 0.296 e. The number of methoxy groups -OCH3 is 1. The fourth-order valence-corrected chi connectivity index (χ4v) is 4.29. The maximum atomic E-state index is 13.1. The van der Waals surface area contributed by atoms with Gasteiger partial charge in [-0.2, -0.15) is 0 Å². The van der Waals surface area contributed by atoms with Crippen molar-refractivity contribution in [2.45, 2.75) is 6.04 Å². The minimum absolute atomic E-state index is 0.0598. The first-order valence-electron chi connectivity index (χ1n) is 8.01. The van der Waals surface area contributed by atoms with Crippen molar-refractivity contribution in [1.82, 2.24) is 10.2 Å². The Kier molecular flexibility index (Phi) is 4.57. The highest BCUT2D eigenvalue weighted by molar-refractivity contribution is 7.13. The standard InChI is InChI=1S/C18H13N3O5S2/c1-26-11-7-9(4-5-10(11)22)14-13(15(23)12-3-2-6-27-12)16(24)17(25)21(14)18-20-19-8-28-18/h2-8,14,22,24H,1H3/t14-/m1/s1. The van der Waals surface area contributed by atoms with Gasteiger partial charge in [-0.1, -0.05) is 23.5 Å². The van der Waals surface area contributed by atoms with E-state index in [1.807, 2.05) is 0 Å². The number of carbonyl (C=O) groups excluding carboxylic acids is 2. The molecule has 0 bridgehead atoms. The van der Waals surface area contributed by atoms with Gasteiger partial charge in [0.2, 0.25) is 10.9 Å². The van der Waals surface area contributed by atoms with E-state index in [0.29, 0.717) is 10.4 Å². The van der Waals surface area contributed by atoms with Gasteiger partial charge in [-0.05, 0) is 29.1 Å². The highest BCUT2D eigenvalue weighted by Gasteiger charge is 2.46. The number of aliphatic hydroxyl groups excluding tert-OH is 1. The molecule has 0 radical (unpaired) electrons. The molecule has 3 aromatic rings. The first-order valence-corrected chi connectivity index (χ1v) is 9.76. The molecule has 3 heterocycles. The molecule has 1 atom stereocenters. The van der Waals surface area contributed by atoms with Crippen molar-refractivity contribution in [3.8, 4) is 11.5 Å². The van der Waals surface area contributed by atoms with Crippen molar-refractivity contribution >= 4 is 39.5 Å². The molecule has 0 saturated carbocycles. The molecule has 0 saturated heterocycles. The summed E-state index contributed by atoms with van der Waals surface area (Å²) in [6.07, 6.45) is 0. The number of ether oxygens (including phenoxy) is 1. The van der Waals surface area contributed by atoms with Crippen LogP contribution in [0, 0.1) is 0 Å². The van der Waals surface area contributed by atoms with Crippen molar-refractivity contribution in [3.63, 3.8) is 0 Å². The number of hydrogen-bond donors (Lipinski definition) is 2. The molecular weight excluding hydrogens is 402 g/mol. The molecule has 0 unspecified atom stereocenters. The van der Waals surface area contributed by atoms with E-state index in [4.69, 9.17) is 4.74 Å². The van der Waals surface area contributed by atoms with Gasteiger partial charge in [0.25, 0.3) is 5.91 Å². The fraction of sp³-hybridized carbons (Fsp3) is 0.111. The molecule has 0 aliphatic carbocycles. The van der Waals surface area contributed by atoms with Crippen LogP contribution in [0.3, 0.4) is 0 Å². The van der Waals surface area contributed by atoms with Crippen LogP contribution in [-0.2, 0) is 4.79 Å². The molecule has 8 nitrogen and oxygen atoms in total. The number of carbonyl (C=O) groups is 2. The molecule has 142 valence electrons. The zero-order valence-corrected chi connectivity index (χ0v) is 16.0. The zero-order chi connectivity index (χ0) is 19.8. The number of aromatic hydroxyl groups is 1. The number of anilines is 1. The number of ketones is 1. The Morgan fingerprint density at radius 3 is 2.71 bits per heavy atom. The second-order valence-corrected chi connectivity index (χ2v) is 7.56. The Hall–Kier alpha value is -3.24. The average molecular weight is 415 g/mol.